The van der Waals surface area contributed by atoms with Crippen molar-refractivity contribution in [2.45, 2.75) is 20.3 Å². The van der Waals surface area contributed by atoms with Gasteiger partial charge in [0.05, 0.1) is 17.9 Å². The van der Waals surface area contributed by atoms with E-state index in [4.69, 9.17) is 9.47 Å². The Hall–Kier alpha value is -2.89. The van der Waals surface area contributed by atoms with Gasteiger partial charge in [-0.05, 0) is 48.7 Å². The first-order chi connectivity index (χ1) is 12.5. The predicted molar refractivity (Wildman–Crippen MR) is 96.7 cm³/mol. The van der Waals surface area contributed by atoms with Crippen LogP contribution >= 0.6 is 0 Å². The van der Waals surface area contributed by atoms with Crippen molar-refractivity contribution in [1.82, 2.24) is 0 Å². The quantitative estimate of drug-likeness (QED) is 0.722. The molecule has 2 aromatic rings. The highest BCUT2D eigenvalue weighted by molar-refractivity contribution is 5.95. The molecule has 26 heavy (non-hydrogen) atoms. The summed E-state index contributed by atoms with van der Waals surface area (Å²) in [6, 6.07) is 12.3. The summed E-state index contributed by atoms with van der Waals surface area (Å²) in [6.07, 6.45) is 0.945. The third-order valence-corrected chi connectivity index (χ3v) is 3.54. The number of hydrogen-bond acceptors (Lipinski definition) is 4. The van der Waals surface area contributed by atoms with E-state index >= 15 is 0 Å². The predicted octanol–water partition coefficient (Wildman–Crippen LogP) is 4.05. The standard InChI is InChI=1S/C20H22FNO4/c1-14(2)11-12-25-16-9-7-15(8-10-16)20(24)26-13-19(23)22-18-6-4-3-5-17(18)21/h3-10,14H,11-13H2,1-2H3,(H,22,23). The average molecular weight is 359 g/mol. The van der Waals surface area contributed by atoms with Gasteiger partial charge in [-0.1, -0.05) is 26.0 Å². The lowest BCUT2D eigenvalue weighted by Gasteiger charge is -2.09. The molecule has 2 aromatic carbocycles. The highest BCUT2D eigenvalue weighted by atomic mass is 19.1. The van der Waals surface area contributed by atoms with Crippen LogP contribution in [0, 0.1) is 11.7 Å². The number of hydrogen-bond donors (Lipinski definition) is 1. The molecule has 138 valence electrons. The summed E-state index contributed by atoms with van der Waals surface area (Å²) in [4.78, 5) is 23.7. The topological polar surface area (TPSA) is 64.6 Å². The van der Waals surface area contributed by atoms with E-state index in [1.807, 2.05) is 0 Å². The molecule has 0 fully saturated rings. The van der Waals surface area contributed by atoms with Crippen LogP contribution in [0.1, 0.15) is 30.6 Å². The summed E-state index contributed by atoms with van der Waals surface area (Å²) in [5.41, 5.74) is 0.344. The highest BCUT2D eigenvalue weighted by Crippen LogP contribution is 2.15. The van der Waals surface area contributed by atoms with Crippen LogP contribution in [0.3, 0.4) is 0 Å². The van der Waals surface area contributed by atoms with E-state index in [1.54, 1.807) is 30.3 Å². The molecule has 0 aromatic heterocycles. The zero-order chi connectivity index (χ0) is 18.9. The Morgan fingerprint density at radius 1 is 1.08 bits per heavy atom. The molecule has 0 aliphatic heterocycles. The first-order valence-electron chi connectivity index (χ1n) is 8.40. The fraction of sp³-hybridized carbons (Fsp3) is 0.300. The number of halogens is 1. The number of esters is 1. The maximum absolute atomic E-state index is 13.4. The molecule has 1 amide bonds. The second kappa shape index (κ2) is 9.56. The number of rotatable bonds is 8. The molecule has 5 nitrogen and oxygen atoms in total. The van der Waals surface area contributed by atoms with Gasteiger partial charge in [-0.3, -0.25) is 4.79 Å². The SMILES string of the molecule is CC(C)CCOc1ccc(C(=O)OCC(=O)Nc2ccccc2F)cc1. The second-order valence-corrected chi connectivity index (χ2v) is 6.16. The minimum atomic E-state index is -0.637. The first-order valence-corrected chi connectivity index (χ1v) is 8.40. The molecule has 6 heteroatoms. The Labute approximate surface area is 152 Å². The Bertz CT molecular complexity index is 744. The van der Waals surface area contributed by atoms with Crippen LogP contribution in [0.25, 0.3) is 0 Å². The molecule has 0 spiro atoms. The molecular formula is C20H22FNO4. The van der Waals surface area contributed by atoms with Gasteiger partial charge >= 0.3 is 5.97 Å². The molecule has 2 rings (SSSR count). The first kappa shape index (κ1) is 19.4. The van der Waals surface area contributed by atoms with Crippen molar-refractivity contribution in [3.63, 3.8) is 0 Å². The van der Waals surface area contributed by atoms with Gasteiger partial charge in [-0.2, -0.15) is 0 Å². The molecule has 0 heterocycles. The summed E-state index contributed by atoms with van der Waals surface area (Å²) in [6.45, 7) is 4.34. The number of benzene rings is 2. The van der Waals surface area contributed by atoms with Gasteiger partial charge in [0.2, 0.25) is 0 Å². The van der Waals surface area contributed by atoms with Crippen LogP contribution in [0.5, 0.6) is 5.75 Å². The summed E-state index contributed by atoms with van der Waals surface area (Å²) >= 11 is 0. The molecule has 1 N–H and O–H groups in total. The Kier molecular flexibility index (Phi) is 7.14. The molecule has 0 atom stereocenters. The van der Waals surface area contributed by atoms with Crippen LogP contribution in [0.2, 0.25) is 0 Å². The van der Waals surface area contributed by atoms with E-state index < -0.39 is 24.3 Å². The number of carbonyl (C=O) groups is 2. The average Bonchev–Trinajstić information content (AvgIpc) is 2.62. The van der Waals surface area contributed by atoms with Gasteiger partial charge in [0, 0.05) is 0 Å². The minimum Gasteiger partial charge on any atom is -0.494 e. The zero-order valence-electron chi connectivity index (χ0n) is 14.8. The maximum atomic E-state index is 13.4. The molecule has 0 saturated heterocycles. The molecule has 0 aliphatic carbocycles. The van der Waals surface area contributed by atoms with Crippen LogP contribution < -0.4 is 10.1 Å². The second-order valence-electron chi connectivity index (χ2n) is 6.16. The van der Waals surface area contributed by atoms with Crippen LogP contribution in [-0.4, -0.2) is 25.1 Å². The summed E-state index contributed by atoms with van der Waals surface area (Å²) in [5, 5.41) is 2.35. The smallest absolute Gasteiger partial charge is 0.338 e. The highest BCUT2D eigenvalue weighted by Gasteiger charge is 2.12. The number of para-hydroxylation sites is 1. The van der Waals surface area contributed by atoms with Crippen LogP contribution in [0.4, 0.5) is 10.1 Å². The van der Waals surface area contributed by atoms with Crippen LogP contribution in [0.15, 0.2) is 48.5 Å². The van der Waals surface area contributed by atoms with Crippen molar-refractivity contribution < 1.29 is 23.5 Å². The van der Waals surface area contributed by atoms with Gasteiger partial charge in [0.25, 0.3) is 5.91 Å². The van der Waals surface area contributed by atoms with E-state index in [9.17, 15) is 14.0 Å². The largest absolute Gasteiger partial charge is 0.494 e. The van der Waals surface area contributed by atoms with Crippen molar-refractivity contribution in [2.24, 2.45) is 5.92 Å². The van der Waals surface area contributed by atoms with Crippen molar-refractivity contribution in [1.29, 1.82) is 0 Å². The van der Waals surface area contributed by atoms with Gasteiger partial charge in [-0.25, -0.2) is 9.18 Å². The van der Waals surface area contributed by atoms with Crippen molar-refractivity contribution in [3.8, 4) is 5.75 Å². The molecule has 0 aliphatic rings. The van der Waals surface area contributed by atoms with E-state index in [0.29, 0.717) is 23.8 Å². The molecule has 0 radical (unpaired) electrons. The van der Waals surface area contributed by atoms with Crippen LogP contribution in [-0.2, 0) is 9.53 Å². The van der Waals surface area contributed by atoms with Gasteiger partial charge in [0.15, 0.2) is 6.61 Å². The fourth-order valence-electron chi connectivity index (χ4n) is 2.06. The molecular weight excluding hydrogens is 337 g/mol. The van der Waals surface area contributed by atoms with Crippen molar-refractivity contribution >= 4 is 17.6 Å². The summed E-state index contributed by atoms with van der Waals surface area (Å²) in [5.74, 6) is -0.584. The monoisotopic (exact) mass is 359 g/mol. The lowest BCUT2D eigenvalue weighted by Crippen LogP contribution is -2.21. The molecule has 0 saturated carbocycles. The van der Waals surface area contributed by atoms with E-state index in [-0.39, 0.29) is 5.69 Å². The molecule has 0 bridgehead atoms. The van der Waals surface area contributed by atoms with Gasteiger partial charge in [-0.15, -0.1) is 0 Å². The lowest BCUT2D eigenvalue weighted by molar-refractivity contribution is -0.119. The zero-order valence-corrected chi connectivity index (χ0v) is 14.8. The number of carbonyl (C=O) groups excluding carboxylic acids is 2. The maximum Gasteiger partial charge on any atom is 0.338 e. The third-order valence-electron chi connectivity index (χ3n) is 3.54. The summed E-state index contributed by atoms with van der Waals surface area (Å²) < 4.78 is 24.0. The number of nitrogens with one attached hydrogen (secondary N) is 1. The fourth-order valence-corrected chi connectivity index (χ4v) is 2.06. The number of anilines is 1. The lowest BCUT2D eigenvalue weighted by atomic mass is 10.1. The Morgan fingerprint density at radius 3 is 2.42 bits per heavy atom. The molecule has 0 unspecified atom stereocenters. The van der Waals surface area contributed by atoms with E-state index in [0.717, 1.165) is 6.42 Å². The third kappa shape index (κ3) is 6.20. The van der Waals surface area contributed by atoms with Crippen molar-refractivity contribution in [3.05, 3.63) is 59.9 Å². The number of ether oxygens (including phenoxy) is 2. The van der Waals surface area contributed by atoms with E-state index in [2.05, 4.69) is 19.2 Å². The van der Waals surface area contributed by atoms with Gasteiger partial charge in [0.1, 0.15) is 11.6 Å². The van der Waals surface area contributed by atoms with E-state index in [1.165, 1.54) is 18.2 Å². The Balaban J connectivity index is 1.80. The minimum absolute atomic E-state index is 0.0384. The summed E-state index contributed by atoms with van der Waals surface area (Å²) in [7, 11) is 0. The van der Waals surface area contributed by atoms with Gasteiger partial charge < -0.3 is 14.8 Å². The van der Waals surface area contributed by atoms with Crippen molar-refractivity contribution in [2.75, 3.05) is 18.5 Å². The number of amides is 1. The Morgan fingerprint density at radius 2 is 1.77 bits per heavy atom. The normalized spacial score (nSPS) is 10.5.